The molecular formula is C18H15ClFN5O3S. The van der Waals surface area contributed by atoms with Crippen molar-refractivity contribution in [3.05, 3.63) is 63.3 Å². The maximum absolute atomic E-state index is 13.1. The molecule has 3 rings (SSSR count). The van der Waals surface area contributed by atoms with E-state index in [9.17, 15) is 14.0 Å². The molecule has 0 fully saturated rings. The van der Waals surface area contributed by atoms with Gasteiger partial charge in [-0.3, -0.25) is 4.79 Å². The minimum Gasteiger partial charge on any atom is -0.497 e. The number of rotatable bonds is 6. The van der Waals surface area contributed by atoms with E-state index in [1.54, 1.807) is 31.4 Å². The van der Waals surface area contributed by atoms with Crippen LogP contribution in [0.1, 0.15) is 14.8 Å². The summed E-state index contributed by atoms with van der Waals surface area (Å²) < 4.78 is 18.2. The third-order valence-corrected chi connectivity index (χ3v) is 4.80. The van der Waals surface area contributed by atoms with Gasteiger partial charge in [-0.25, -0.2) is 9.18 Å². The SMILES string of the molecule is COc1ccc(NC(=O)c2nnc(CNC(=O)Nc3ccc(F)c(Cl)c3)s2)cc1. The van der Waals surface area contributed by atoms with E-state index >= 15 is 0 Å². The quantitative estimate of drug-likeness (QED) is 0.544. The number of anilines is 2. The van der Waals surface area contributed by atoms with Gasteiger partial charge in [-0.1, -0.05) is 22.9 Å². The second-order valence-corrected chi connectivity index (χ2v) is 7.09. The number of benzene rings is 2. The van der Waals surface area contributed by atoms with Gasteiger partial charge in [0.15, 0.2) is 0 Å². The van der Waals surface area contributed by atoms with Crippen molar-refractivity contribution in [2.24, 2.45) is 0 Å². The molecule has 8 nitrogen and oxygen atoms in total. The molecule has 29 heavy (non-hydrogen) atoms. The Labute approximate surface area is 174 Å². The molecule has 0 atom stereocenters. The second kappa shape index (κ2) is 9.30. The third-order valence-electron chi connectivity index (χ3n) is 3.59. The number of carbonyl (C=O) groups is 2. The normalized spacial score (nSPS) is 10.3. The Hall–Kier alpha value is -3.24. The summed E-state index contributed by atoms with van der Waals surface area (Å²) in [5, 5.41) is 16.0. The molecular weight excluding hydrogens is 421 g/mol. The molecule has 0 aliphatic carbocycles. The van der Waals surface area contributed by atoms with Crippen LogP contribution in [0.3, 0.4) is 0 Å². The molecule has 0 aliphatic rings. The fraction of sp³-hybridized carbons (Fsp3) is 0.111. The van der Waals surface area contributed by atoms with Crippen LogP contribution in [0.25, 0.3) is 0 Å². The fourth-order valence-corrected chi connectivity index (χ4v) is 3.04. The zero-order chi connectivity index (χ0) is 20.8. The van der Waals surface area contributed by atoms with E-state index in [1.807, 2.05) is 0 Å². The predicted octanol–water partition coefficient (Wildman–Crippen LogP) is 3.91. The summed E-state index contributed by atoms with van der Waals surface area (Å²) in [7, 11) is 1.56. The van der Waals surface area contributed by atoms with Crippen LogP contribution in [-0.2, 0) is 6.54 Å². The summed E-state index contributed by atoms with van der Waals surface area (Å²) >= 11 is 6.72. The molecule has 0 saturated heterocycles. The average molecular weight is 436 g/mol. The summed E-state index contributed by atoms with van der Waals surface area (Å²) in [6.45, 7) is 0.0637. The molecule has 11 heteroatoms. The van der Waals surface area contributed by atoms with Crippen molar-refractivity contribution >= 4 is 46.3 Å². The molecule has 3 aromatic rings. The van der Waals surface area contributed by atoms with Crippen molar-refractivity contribution in [2.75, 3.05) is 17.7 Å². The number of halogens is 2. The van der Waals surface area contributed by atoms with Crippen molar-refractivity contribution in [1.29, 1.82) is 0 Å². The molecule has 0 unspecified atom stereocenters. The second-order valence-electron chi connectivity index (χ2n) is 5.62. The van der Waals surface area contributed by atoms with Gasteiger partial charge < -0.3 is 20.7 Å². The lowest BCUT2D eigenvalue weighted by Gasteiger charge is -2.06. The number of nitrogens with zero attached hydrogens (tertiary/aromatic N) is 2. The van der Waals surface area contributed by atoms with E-state index in [1.165, 1.54) is 12.1 Å². The van der Waals surface area contributed by atoms with Gasteiger partial charge in [-0.15, -0.1) is 10.2 Å². The van der Waals surface area contributed by atoms with Crippen LogP contribution < -0.4 is 20.7 Å². The smallest absolute Gasteiger partial charge is 0.319 e. The lowest BCUT2D eigenvalue weighted by atomic mass is 10.3. The van der Waals surface area contributed by atoms with Gasteiger partial charge in [0.1, 0.15) is 16.6 Å². The van der Waals surface area contributed by atoms with Crippen LogP contribution in [0.2, 0.25) is 5.02 Å². The molecule has 3 N–H and O–H groups in total. The molecule has 2 aromatic carbocycles. The van der Waals surface area contributed by atoms with E-state index in [-0.39, 0.29) is 16.6 Å². The van der Waals surface area contributed by atoms with Gasteiger partial charge in [-0.2, -0.15) is 0 Å². The van der Waals surface area contributed by atoms with Crippen molar-refractivity contribution in [3.8, 4) is 5.75 Å². The van der Waals surface area contributed by atoms with E-state index in [2.05, 4.69) is 26.1 Å². The van der Waals surface area contributed by atoms with Gasteiger partial charge in [0.2, 0.25) is 5.01 Å². The molecule has 150 valence electrons. The van der Waals surface area contributed by atoms with Gasteiger partial charge in [0.05, 0.1) is 18.7 Å². The van der Waals surface area contributed by atoms with Crippen LogP contribution in [-0.4, -0.2) is 29.2 Å². The maximum Gasteiger partial charge on any atom is 0.319 e. The number of ether oxygens (including phenoxy) is 1. The predicted molar refractivity (Wildman–Crippen MR) is 108 cm³/mol. The zero-order valence-corrected chi connectivity index (χ0v) is 16.6. The third kappa shape index (κ3) is 5.62. The molecule has 1 aromatic heterocycles. The first-order valence-corrected chi connectivity index (χ1v) is 9.42. The highest BCUT2D eigenvalue weighted by atomic mass is 35.5. The number of carbonyl (C=O) groups excluding carboxylic acids is 2. The maximum atomic E-state index is 13.1. The molecule has 0 aliphatic heterocycles. The number of urea groups is 1. The average Bonchev–Trinajstić information content (AvgIpc) is 3.19. The Balaban J connectivity index is 1.51. The Morgan fingerprint density at radius 2 is 1.83 bits per heavy atom. The minimum atomic E-state index is -0.577. The molecule has 0 saturated carbocycles. The highest BCUT2D eigenvalue weighted by molar-refractivity contribution is 7.13. The van der Waals surface area contributed by atoms with Crippen molar-refractivity contribution in [1.82, 2.24) is 15.5 Å². The van der Waals surface area contributed by atoms with E-state index in [0.717, 1.165) is 17.4 Å². The zero-order valence-electron chi connectivity index (χ0n) is 15.0. The van der Waals surface area contributed by atoms with E-state index in [4.69, 9.17) is 16.3 Å². The number of hydrogen-bond acceptors (Lipinski definition) is 6. The van der Waals surface area contributed by atoms with Gasteiger partial charge in [-0.05, 0) is 42.5 Å². The number of aromatic nitrogens is 2. The lowest BCUT2D eigenvalue weighted by Crippen LogP contribution is -2.28. The van der Waals surface area contributed by atoms with Gasteiger partial charge in [0.25, 0.3) is 5.91 Å². The number of amides is 3. The minimum absolute atomic E-state index is 0.0637. The summed E-state index contributed by atoms with van der Waals surface area (Å²) in [5.41, 5.74) is 0.925. The monoisotopic (exact) mass is 435 g/mol. The summed E-state index contributed by atoms with van der Waals surface area (Å²) in [6, 6.07) is 10.1. The summed E-state index contributed by atoms with van der Waals surface area (Å²) in [6.07, 6.45) is 0. The van der Waals surface area contributed by atoms with Crippen LogP contribution in [0, 0.1) is 5.82 Å². The Morgan fingerprint density at radius 1 is 1.10 bits per heavy atom. The highest BCUT2D eigenvalue weighted by Crippen LogP contribution is 2.19. The standard InChI is InChI=1S/C18H15ClFN5O3S/c1-28-12-5-2-10(3-6-12)22-16(26)17-25-24-15(29-17)9-21-18(27)23-11-4-7-14(20)13(19)8-11/h2-8H,9H2,1H3,(H,22,26)(H2,21,23,27). The Bertz CT molecular complexity index is 1030. The first-order valence-electron chi connectivity index (χ1n) is 8.22. The van der Waals surface area contributed by atoms with Crippen molar-refractivity contribution in [2.45, 2.75) is 6.54 Å². The van der Waals surface area contributed by atoms with Crippen LogP contribution >= 0.6 is 22.9 Å². The van der Waals surface area contributed by atoms with E-state index < -0.39 is 17.8 Å². The Morgan fingerprint density at radius 3 is 2.52 bits per heavy atom. The summed E-state index contributed by atoms with van der Waals surface area (Å²) in [4.78, 5) is 24.2. The molecule has 0 bridgehead atoms. The van der Waals surface area contributed by atoms with Crippen molar-refractivity contribution < 1.29 is 18.7 Å². The Kier molecular flexibility index (Phi) is 6.57. The molecule has 0 radical (unpaired) electrons. The lowest BCUT2D eigenvalue weighted by molar-refractivity contribution is 0.102. The summed E-state index contributed by atoms with van der Waals surface area (Å²) in [5.74, 6) is -0.315. The topological polar surface area (TPSA) is 105 Å². The molecule has 1 heterocycles. The fourth-order valence-electron chi connectivity index (χ4n) is 2.18. The van der Waals surface area contributed by atoms with Gasteiger partial charge in [0, 0.05) is 11.4 Å². The number of hydrogen-bond donors (Lipinski definition) is 3. The van der Waals surface area contributed by atoms with E-state index in [0.29, 0.717) is 22.1 Å². The van der Waals surface area contributed by atoms with Crippen LogP contribution in [0.4, 0.5) is 20.6 Å². The highest BCUT2D eigenvalue weighted by Gasteiger charge is 2.14. The number of methoxy groups -OCH3 is 1. The van der Waals surface area contributed by atoms with Gasteiger partial charge >= 0.3 is 6.03 Å². The van der Waals surface area contributed by atoms with Crippen LogP contribution in [0.15, 0.2) is 42.5 Å². The van der Waals surface area contributed by atoms with Crippen molar-refractivity contribution in [3.63, 3.8) is 0 Å². The molecule has 3 amide bonds. The van der Waals surface area contributed by atoms with Crippen LogP contribution in [0.5, 0.6) is 5.75 Å². The molecule has 0 spiro atoms. The number of nitrogens with one attached hydrogen (secondary N) is 3. The largest absolute Gasteiger partial charge is 0.497 e. The first kappa shape index (κ1) is 20.5. The first-order chi connectivity index (χ1) is 13.9.